The molecule has 6 nitrogen and oxygen atoms in total. The topological polar surface area (TPSA) is 88.6 Å². The Morgan fingerprint density at radius 2 is 1.64 bits per heavy atom. The number of Topliss-reactive ketones (excluding diaryl/α,β-unsaturated/α-hetero) is 1. The van der Waals surface area contributed by atoms with Gasteiger partial charge in [-0.25, -0.2) is 13.3 Å². The van der Waals surface area contributed by atoms with Crippen molar-refractivity contribution < 1.29 is 22.8 Å². The maximum absolute atomic E-state index is 12.8. The fourth-order valence-corrected chi connectivity index (χ4v) is 5.82. The molecule has 2 amide bonds. The molecule has 7 heteroatoms. The van der Waals surface area contributed by atoms with Crippen LogP contribution in [-0.2, 0) is 19.4 Å². The van der Waals surface area contributed by atoms with Crippen molar-refractivity contribution in [1.29, 1.82) is 0 Å². The fraction of sp³-hybridized carbons (Fsp3) is 0.500. The average Bonchev–Trinajstić information content (AvgIpc) is 2.91. The molecule has 0 aromatic heterocycles. The monoisotopic (exact) mass is 363 g/mol. The molecule has 0 radical (unpaired) electrons. The van der Waals surface area contributed by atoms with Gasteiger partial charge in [0.15, 0.2) is 15.6 Å². The van der Waals surface area contributed by atoms with E-state index >= 15 is 0 Å². The predicted molar refractivity (Wildman–Crippen MR) is 93.1 cm³/mol. The highest BCUT2D eigenvalue weighted by molar-refractivity contribution is 7.93. The summed E-state index contributed by atoms with van der Waals surface area (Å²) < 4.78 is 25.6. The molecule has 1 aliphatic carbocycles. The summed E-state index contributed by atoms with van der Waals surface area (Å²) in [6, 6.07) is 6.06. The first-order chi connectivity index (χ1) is 11.8. The van der Waals surface area contributed by atoms with Gasteiger partial charge in [0.1, 0.15) is 5.25 Å². The molecule has 1 aromatic carbocycles. The number of nitrogens with zero attached hydrogens (tertiary/aromatic N) is 1. The van der Waals surface area contributed by atoms with Crippen LogP contribution in [-0.4, -0.2) is 36.5 Å². The minimum Gasteiger partial charge on any atom is -0.295 e. The molecule has 1 aromatic rings. The van der Waals surface area contributed by atoms with Crippen LogP contribution in [0.3, 0.4) is 0 Å². The number of carbonyl (C=O) groups is 3. The minimum atomic E-state index is -3.67. The third-order valence-electron chi connectivity index (χ3n) is 5.05. The van der Waals surface area contributed by atoms with Gasteiger partial charge in [-0.2, -0.15) is 0 Å². The Morgan fingerprint density at radius 1 is 1.04 bits per heavy atom. The Bertz CT molecular complexity index is 806. The quantitative estimate of drug-likeness (QED) is 0.605. The summed E-state index contributed by atoms with van der Waals surface area (Å²) >= 11 is 0. The van der Waals surface area contributed by atoms with Crippen LogP contribution >= 0.6 is 0 Å². The second kappa shape index (κ2) is 6.71. The first-order valence-electron chi connectivity index (χ1n) is 8.53. The highest BCUT2D eigenvalue weighted by Crippen LogP contribution is 2.33. The molecular formula is C18H21NO5S. The zero-order valence-electron chi connectivity index (χ0n) is 14.1. The van der Waals surface area contributed by atoms with Gasteiger partial charge in [-0.3, -0.25) is 14.4 Å². The summed E-state index contributed by atoms with van der Waals surface area (Å²) in [6.07, 6.45) is 3.52. The molecule has 2 fully saturated rings. The maximum atomic E-state index is 12.8. The van der Waals surface area contributed by atoms with Gasteiger partial charge in [-0.15, -0.1) is 0 Å². The molecule has 0 N–H and O–H groups in total. The fourth-order valence-electron chi connectivity index (χ4n) is 3.60. The number of anilines is 1. The van der Waals surface area contributed by atoms with E-state index in [2.05, 4.69) is 0 Å². The van der Waals surface area contributed by atoms with E-state index in [9.17, 15) is 22.8 Å². The lowest BCUT2D eigenvalue weighted by atomic mass is 10.0. The Morgan fingerprint density at radius 3 is 2.20 bits per heavy atom. The number of rotatable bonds is 4. The third-order valence-corrected chi connectivity index (χ3v) is 7.61. The van der Waals surface area contributed by atoms with E-state index in [1.807, 2.05) is 0 Å². The molecule has 0 bridgehead atoms. The van der Waals surface area contributed by atoms with Crippen molar-refractivity contribution in [3.63, 3.8) is 0 Å². The van der Waals surface area contributed by atoms with Gasteiger partial charge in [0.05, 0.1) is 17.4 Å². The van der Waals surface area contributed by atoms with Gasteiger partial charge >= 0.3 is 0 Å². The van der Waals surface area contributed by atoms with Crippen LogP contribution < -0.4 is 4.90 Å². The normalized spacial score (nSPS) is 22.4. The highest BCUT2D eigenvalue weighted by Gasteiger charge is 2.49. The second-order valence-corrected chi connectivity index (χ2v) is 9.13. The average molecular weight is 363 g/mol. The van der Waals surface area contributed by atoms with E-state index in [4.69, 9.17) is 0 Å². The molecule has 0 spiro atoms. The molecular weight excluding hydrogens is 342 g/mol. The number of amides is 2. The van der Waals surface area contributed by atoms with E-state index in [1.165, 1.54) is 31.2 Å². The number of hydrogen-bond donors (Lipinski definition) is 0. The summed E-state index contributed by atoms with van der Waals surface area (Å²) in [7, 11) is -3.67. The first-order valence-corrected chi connectivity index (χ1v) is 10.1. The number of hydrogen-bond acceptors (Lipinski definition) is 5. The molecule has 1 unspecified atom stereocenters. The highest BCUT2D eigenvalue weighted by atomic mass is 32.2. The summed E-state index contributed by atoms with van der Waals surface area (Å²) in [4.78, 5) is 37.3. The van der Waals surface area contributed by atoms with E-state index in [0.717, 1.165) is 24.2 Å². The molecule has 1 heterocycles. The van der Waals surface area contributed by atoms with Gasteiger partial charge in [0.25, 0.3) is 5.91 Å². The third kappa shape index (κ3) is 3.25. The van der Waals surface area contributed by atoms with Gasteiger partial charge in [0, 0.05) is 5.56 Å². The van der Waals surface area contributed by atoms with E-state index < -0.39 is 32.2 Å². The largest absolute Gasteiger partial charge is 0.295 e. The lowest BCUT2D eigenvalue weighted by Gasteiger charge is -2.24. The summed E-state index contributed by atoms with van der Waals surface area (Å²) in [5.41, 5.74) is 0.774. The van der Waals surface area contributed by atoms with Crippen molar-refractivity contribution in [3.8, 4) is 0 Å². The van der Waals surface area contributed by atoms with Crippen molar-refractivity contribution in [3.05, 3.63) is 29.8 Å². The van der Waals surface area contributed by atoms with Crippen LogP contribution in [0, 0.1) is 0 Å². The smallest absolute Gasteiger partial charge is 0.252 e. The first kappa shape index (κ1) is 17.8. The van der Waals surface area contributed by atoms with Gasteiger partial charge in [-0.1, -0.05) is 19.3 Å². The summed E-state index contributed by atoms with van der Waals surface area (Å²) in [5.74, 6) is -1.31. The molecule has 134 valence electrons. The van der Waals surface area contributed by atoms with Gasteiger partial charge in [0.2, 0.25) is 5.91 Å². The van der Waals surface area contributed by atoms with Crippen molar-refractivity contribution in [2.75, 3.05) is 4.90 Å². The number of benzene rings is 1. The minimum absolute atomic E-state index is 0.122. The van der Waals surface area contributed by atoms with Crippen molar-refractivity contribution >= 4 is 33.1 Å². The summed E-state index contributed by atoms with van der Waals surface area (Å²) in [6.45, 7) is 1.42. The molecule has 2 aliphatic rings. The number of carbonyl (C=O) groups excluding carboxylic acids is 3. The number of ketones is 1. The lowest BCUT2D eigenvalue weighted by Crippen LogP contribution is -2.40. The van der Waals surface area contributed by atoms with Crippen molar-refractivity contribution in [2.45, 2.75) is 55.9 Å². The van der Waals surface area contributed by atoms with Crippen molar-refractivity contribution in [2.24, 2.45) is 0 Å². The van der Waals surface area contributed by atoms with Crippen LogP contribution in [0.25, 0.3) is 0 Å². The van der Waals surface area contributed by atoms with E-state index in [1.54, 1.807) is 0 Å². The van der Waals surface area contributed by atoms with E-state index in [0.29, 0.717) is 24.1 Å². The predicted octanol–water partition coefficient (Wildman–Crippen LogP) is 2.27. The molecule has 1 aliphatic heterocycles. The van der Waals surface area contributed by atoms with Crippen LogP contribution in [0.15, 0.2) is 24.3 Å². The number of sulfone groups is 1. The van der Waals surface area contributed by atoms with Crippen LogP contribution in [0.2, 0.25) is 0 Å². The maximum Gasteiger partial charge on any atom is 0.252 e. The molecule has 1 atom stereocenters. The number of imide groups is 1. The lowest BCUT2D eigenvalue weighted by molar-refractivity contribution is -0.121. The molecule has 25 heavy (non-hydrogen) atoms. The SMILES string of the molecule is CC(=O)c1ccc(N2C(=O)CC(S(=O)(=O)C3CCCCC3)C2=O)cc1. The Hall–Kier alpha value is -2.02. The van der Waals surface area contributed by atoms with Crippen LogP contribution in [0.5, 0.6) is 0 Å². The van der Waals surface area contributed by atoms with Crippen LogP contribution in [0.4, 0.5) is 5.69 Å². The Balaban J connectivity index is 1.85. The zero-order valence-corrected chi connectivity index (χ0v) is 14.9. The van der Waals surface area contributed by atoms with Crippen molar-refractivity contribution in [1.82, 2.24) is 0 Å². The second-order valence-electron chi connectivity index (χ2n) is 6.71. The van der Waals surface area contributed by atoms with Gasteiger partial charge in [-0.05, 0) is 44.0 Å². The molecule has 3 rings (SSSR count). The molecule has 1 saturated carbocycles. The summed E-state index contributed by atoms with van der Waals surface area (Å²) in [5, 5.41) is -1.81. The zero-order chi connectivity index (χ0) is 18.2. The van der Waals surface area contributed by atoms with Gasteiger partial charge < -0.3 is 0 Å². The molecule has 1 saturated heterocycles. The Labute approximate surface area is 147 Å². The van der Waals surface area contributed by atoms with E-state index in [-0.39, 0.29) is 12.2 Å². The van der Waals surface area contributed by atoms with Crippen LogP contribution in [0.1, 0.15) is 55.8 Å². The Kier molecular flexibility index (Phi) is 4.77. The standard InChI is InChI=1S/C18H21NO5S/c1-12(20)13-7-9-14(10-8-13)19-17(21)11-16(18(19)22)25(23,24)15-5-3-2-4-6-15/h7-10,15-16H,2-6,11H2,1H3.